The maximum absolute atomic E-state index is 5.58. The molecular formula is C15H22N4OS. The lowest BCUT2D eigenvalue weighted by Crippen LogP contribution is -2.46. The molecule has 6 heteroatoms. The molecule has 0 spiro atoms. The van der Waals surface area contributed by atoms with Crippen LogP contribution in [0.3, 0.4) is 0 Å². The minimum Gasteiger partial charge on any atom is -0.497 e. The summed E-state index contributed by atoms with van der Waals surface area (Å²) in [5.41, 5.74) is 6.63. The van der Waals surface area contributed by atoms with E-state index in [9.17, 15) is 0 Å². The molecule has 0 atom stereocenters. The molecule has 1 aromatic carbocycles. The molecule has 0 bridgehead atoms. The van der Waals surface area contributed by atoms with Crippen LogP contribution in [0.4, 0.5) is 5.13 Å². The highest BCUT2D eigenvalue weighted by Crippen LogP contribution is 2.31. The molecule has 21 heavy (non-hydrogen) atoms. The number of anilines is 1. The summed E-state index contributed by atoms with van der Waals surface area (Å²) in [7, 11) is 1.70. The highest BCUT2D eigenvalue weighted by Gasteiger charge is 2.19. The van der Waals surface area contributed by atoms with Gasteiger partial charge in [0.1, 0.15) is 5.75 Å². The van der Waals surface area contributed by atoms with Crippen LogP contribution in [0.15, 0.2) is 18.2 Å². The molecule has 0 amide bonds. The van der Waals surface area contributed by atoms with Crippen molar-refractivity contribution in [2.24, 2.45) is 5.73 Å². The molecule has 2 aromatic rings. The second kappa shape index (κ2) is 6.60. The standard InChI is InChI=1S/C15H22N4OS/c1-20-12-3-4-13-14(11-12)21-15(17-13)19-9-7-18(8-10-19)6-2-5-16/h3-4,11H,2,5-10,16H2,1H3. The summed E-state index contributed by atoms with van der Waals surface area (Å²) in [6.45, 7) is 6.17. The van der Waals surface area contributed by atoms with Crippen molar-refractivity contribution in [1.82, 2.24) is 9.88 Å². The van der Waals surface area contributed by atoms with Crippen molar-refractivity contribution >= 4 is 26.7 Å². The summed E-state index contributed by atoms with van der Waals surface area (Å²) in [5, 5.41) is 1.12. The number of methoxy groups -OCH3 is 1. The maximum atomic E-state index is 5.58. The minimum atomic E-state index is 0.778. The van der Waals surface area contributed by atoms with Crippen LogP contribution in [0.2, 0.25) is 0 Å². The first-order valence-electron chi connectivity index (χ1n) is 7.42. The number of nitrogens with zero attached hydrogens (tertiary/aromatic N) is 3. The van der Waals surface area contributed by atoms with Crippen LogP contribution in [-0.4, -0.2) is 56.3 Å². The first-order valence-corrected chi connectivity index (χ1v) is 8.24. The average molecular weight is 306 g/mol. The Labute approximate surface area is 129 Å². The SMILES string of the molecule is COc1ccc2nc(N3CCN(CCCN)CC3)sc2c1. The molecule has 1 aromatic heterocycles. The third-order valence-electron chi connectivity index (χ3n) is 3.91. The molecule has 3 rings (SSSR count). The molecule has 0 aliphatic carbocycles. The van der Waals surface area contributed by atoms with E-state index in [1.807, 2.05) is 12.1 Å². The Morgan fingerprint density at radius 3 is 2.81 bits per heavy atom. The Morgan fingerprint density at radius 2 is 2.10 bits per heavy atom. The number of nitrogens with two attached hydrogens (primary N) is 1. The van der Waals surface area contributed by atoms with Gasteiger partial charge in [-0.05, 0) is 37.7 Å². The lowest BCUT2D eigenvalue weighted by Gasteiger charge is -2.34. The summed E-state index contributed by atoms with van der Waals surface area (Å²) in [4.78, 5) is 9.62. The van der Waals surface area contributed by atoms with Crippen molar-refractivity contribution in [2.45, 2.75) is 6.42 Å². The lowest BCUT2D eigenvalue weighted by atomic mass is 10.3. The monoisotopic (exact) mass is 306 g/mol. The maximum Gasteiger partial charge on any atom is 0.186 e. The van der Waals surface area contributed by atoms with Crippen LogP contribution in [-0.2, 0) is 0 Å². The van der Waals surface area contributed by atoms with E-state index in [1.54, 1.807) is 18.4 Å². The van der Waals surface area contributed by atoms with Gasteiger partial charge in [0.05, 0.1) is 17.3 Å². The van der Waals surface area contributed by atoms with Gasteiger partial charge in [0.15, 0.2) is 5.13 Å². The van der Waals surface area contributed by atoms with Gasteiger partial charge in [0, 0.05) is 26.2 Å². The zero-order valence-electron chi connectivity index (χ0n) is 12.4. The number of rotatable bonds is 5. The van der Waals surface area contributed by atoms with E-state index in [0.717, 1.165) is 62.1 Å². The summed E-state index contributed by atoms with van der Waals surface area (Å²) >= 11 is 1.75. The van der Waals surface area contributed by atoms with Crippen LogP contribution in [0.25, 0.3) is 10.2 Å². The molecule has 1 aliphatic heterocycles. The van der Waals surface area contributed by atoms with Crippen LogP contribution < -0.4 is 15.4 Å². The van der Waals surface area contributed by atoms with Crippen molar-refractivity contribution in [3.8, 4) is 5.75 Å². The van der Waals surface area contributed by atoms with E-state index < -0.39 is 0 Å². The Bertz CT molecular complexity index is 592. The van der Waals surface area contributed by atoms with Gasteiger partial charge >= 0.3 is 0 Å². The highest BCUT2D eigenvalue weighted by molar-refractivity contribution is 7.22. The summed E-state index contributed by atoms with van der Waals surface area (Å²) in [6.07, 6.45) is 1.08. The summed E-state index contributed by atoms with van der Waals surface area (Å²) < 4.78 is 6.47. The molecule has 0 saturated carbocycles. The average Bonchev–Trinajstić information content (AvgIpc) is 2.96. The van der Waals surface area contributed by atoms with Crippen molar-refractivity contribution in [3.05, 3.63) is 18.2 Å². The first kappa shape index (κ1) is 14.6. The molecule has 2 heterocycles. The number of fused-ring (bicyclic) bond motifs is 1. The molecular weight excluding hydrogens is 284 g/mol. The van der Waals surface area contributed by atoms with Crippen LogP contribution in [0, 0.1) is 0 Å². The second-order valence-electron chi connectivity index (χ2n) is 5.30. The highest BCUT2D eigenvalue weighted by atomic mass is 32.1. The van der Waals surface area contributed by atoms with Gasteiger partial charge in [-0.1, -0.05) is 11.3 Å². The van der Waals surface area contributed by atoms with E-state index in [-0.39, 0.29) is 0 Å². The molecule has 0 radical (unpaired) electrons. The Balaban J connectivity index is 1.67. The molecule has 2 N–H and O–H groups in total. The molecule has 5 nitrogen and oxygen atoms in total. The van der Waals surface area contributed by atoms with Gasteiger partial charge in [-0.25, -0.2) is 4.98 Å². The number of hydrogen-bond donors (Lipinski definition) is 1. The zero-order chi connectivity index (χ0) is 14.7. The van der Waals surface area contributed by atoms with Crippen molar-refractivity contribution in [3.63, 3.8) is 0 Å². The lowest BCUT2D eigenvalue weighted by molar-refractivity contribution is 0.256. The molecule has 1 fully saturated rings. The van der Waals surface area contributed by atoms with E-state index in [1.165, 1.54) is 4.70 Å². The van der Waals surface area contributed by atoms with E-state index >= 15 is 0 Å². The molecule has 1 aliphatic rings. The van der Waals surface area contributed by atoms with E-state index in [2.05, 4.69) is 15.9 Å². The molecule has 1 saturated heterocycles. The second-order valence-corrected chi connectivity index (χ2v) is 6.31. The first-order chi connectivity index (χ1) is 10.3. The zero-order valence-corrected chi connectivity index (χ0v) is 13.2. The number of hydrogen-bond acceptors (Lipinski definition) is 6. The van der Waals surface area contributed by atoms with Crippen LogP contribution >= 0.6 is 11.3 Å². The Hall–Kier alpha value is -1.37. The predicted octanol–water partition coefficient (Wildman–Crippen LogP) is 1.78. The third kappa shape index (κ3) is 3.28. The summed E-state index contributed by atoms with van der Waals surface area (Å²) in [6, 6.07) is 6.07. The predicted molar refractivity (Wildman–Crippen MR) is 88.5 cm³/mol. The van der Waals surface area contributed by atoms with Crippen LogP contribution in [0.1, 0.15) is 6.42 Å². The fraction of sp³-hybridized carbons (Fsp3) is 0.533. The minimum absolute atomic E-state index is 0.778. The van der Waals surface area contributed by atoms with Crippen molar-refractivity contribution in [2.75, 3.05) is 51.3 Å². The number of piperazine rings is 1. The molecule has 0 unspecified atom stereocenters. The fourth-order valence-electron chi connectivity index (χ4n) is 2.63. The van der Waals surface area contributed by atoms with Gasteiger partial charge < -0.3 is 15.4 Å². The van der Waals surface area contributed by atoms with Gasteiger partial charge in [0.25, 0.3) is 0 Å². The number of benzene rings is 1. The third-order valence-corrected chi connectivity index (χ3v) is 4.98. The normalized spacial score (nSPS) is 16.6. The van der Waals surface area contributed by atoms with E-state index in [4.69, 9.17) is 15.5 Å². The number of thiazole rings is 1. The topological polar surface area (TPSA) is 54.6 Å². The van der Waals surface area contributed by atoms with Gasteiger partial charge in [-0.2, -0.15) is 0 Å². The molecule has 114 valence electrons. The number of aromatic nitrogens is 1. The van der Waals surface area contributed by atoms with Gasteiger partial charge in [0.2, 0.25) is 0 Å². The quantitative estimate of drug-likeness (QED) is 0.912. The number of ether oxygens (including phenoxy) is 1. The van der Waals surface area contributed by atoms with Gasteiger partial charge in [-0.3, -0.25) is 4.90 Å². The van der Waals surface area contributed by atoms with Crippen LogP contribution in [0.5, 0.6) is 5.75 Å². The Kier molecular flexibility index (Phi) is 4.57. The van der Waals surface area contributed by atoms with Gasteiger partial charge in [-0.15, -0.1) is 0 Å². The summed E-state index contributed by atoms with van der Waals surface area (Å²) in [5.74, 6) is 0.893. The Morgan fingerprint density at radius 1 is 1.29 bits per heavy atom. The fourth-order valence-corrected chi connectivity index (χ4v) is 3.68. The smallest absolute Gasteiger partial charge is 0.186 e. The van der Waals surface area contributed by atoms with Crippen molar-refractivity contribution in [1.29, 1.82) is 0 Å². The largest absolute Gasteiger partial charge is 0.497 e. The van der Waals surface area contributed by atoms with E-state index in [0.29, 0.717) is 0 Å². The van der Waals surface area contributed by atoms with Crippen molar-refractivity contribution < 1.29 is 4.74 Å².